The molecule has 0 unspecified atom stereocenters. The number of esters is 1. The molecule has 0 N–H and O–H groups in total. The smallest absolute Gasteiger partial charge is 0.311 e. The maximum Gasteiger partial charge on any atom is 0.311 e. The van der Waals surface area contributed by atoms with Crippen LogP contribution in [-0.4, -0.2) is 25.0 Å². The fourth-order valence-corrected chi connectivity index (χ4v) is 2.20. The summed E-state index contributed by atoms with van der Waals surface area (Å²) in [5.74, 6) is 0.407. The van der Waals surface area contributed by atoms with Crippen molar-refractivity contribution in [1.29, 1.82) is 0 Å². The summed E-state index contributed by atoms with van der Waals surface area (Å²) in [6.45, 7) is 0.879. The second-order valence-corrected chi connectivity index (χ2v) is 5.29. The van der Waals surface area contributed by atoms with Crippen LogP contribution in [0.4, 0.5) is 0 Å². The molecule has 0 saturated carbocycles. The molecule has 4 heteroatoms. The van der Waals surface area contributed by atoms with E-state index in [1.807, 2.05) is 44.4 Å². The van der Waals surface area contributed by atoms with Crippen molar-refractivity contribution < 1.29 is 9.53 Å². The monoisotopic (exact) mass is 319 g/mol. The average Bonchev–Trinajstić information content (AvgIpc) is 2.47. The number of carbonyl (C=O) groups excluding carboxylic acids is 1. The SMILES string of the molecule is CN(C)Cc1ccccc1CCC(=O)Oc1ccccc1.Cl. The molecular weight excluding hydrogens is 298 g/mol. The minimum Gasteiger partial charge on any atom is -0.427 e. The zero-order valence-corrected chi connectivity index (χ0v) is 13.8. The summed E-state index contributed by atoms with van der Waals surface area (Å²) in [6.07, 6.45) is 1.09. The summed E-state index contributed by atoms with van der Waals surface area (Å²) in [7, 11) is 4.08. The van der Waals surface area contributed by atoms with Gasteiger partial charge in [0.2, 0.25) is 0 Å². The fraction of sp³-hybridized carbons (Fsp3) is 0.278. The van der Waals surface area contributed by atoms with Gasteiger partial charge in [0.15, 0.2) is 0 Å². The molecule has 0 aliphatic carbocycles. The van der Waals surface area contributed by atoms with E-state index < -0.39 is 0 Å². The fourth-order valence-electron chi connectivity index (χ4n) is 2.20. The molecule has 118 valence electrons. The third-order valence-electron chi connectivity index (χ3n) is 3.18. The van der Waals surface area contributed by atoms with E-state index in [0.29, 0.717) is 18.6 Å². The van der Waals surface area contributed by atoms with Crippen LogP contribution in [0.5, 0.6) is 5.75 Å². The van der Waals surface area contributed by atoms with Crippen molar-refractivity contribution in [3.05, 3.63) is 65.7 Å². The molecule has 0 aliphatic heterocycles. The molecule has 0 saturated heterocycles. The number of carbonyl (C=O) groups is 1. The molecule has 0 radical (unpaired) electrons. The van der Waals surface area contributed by atoms with E-state index in [1.54, 1.807) is 12.1 Å². The Morgan fingerprint density at radius 2 is 1.55 bits per heavy atom. The van der Waals surface area contributed by atoms with Gasteiger partial charge in [-0.1, -0.05) is 42.5 Å². The van der Waals surface area contributed by atoms with E-state index in [-0.39, 0.29) is 18.4 Å². The first-order valence-electron chi connectivity index (χ1n) is 7.12. The van der Waals surface area contributed by atoms with E-state index >= 15 is 0 Å². The summed E-state index contributed by atoms with van der Waals surface area (Å²) >= 11 is 0. The number of halogens is 1. The lowest BCUT2D eigenvalue weighted by Crippen LogP contribution is -2.14. The van der Waals surface area contributed by atoms with E-state index in [0.717, 1.165) is 6.54 Å². The Morgan fingerprint density at radius 3 is 2.18 bits per heavy atom. The Balaban J connectivity index is 0.00000242. The first-order chi connectivity index (χ1) is 10.1. The molecule has 0 aliphatic rings. The van der Waals surface area contributed by atoms with Gasteiger partial charge in [-0.15, -0.1) is 12.4 Å². The number of benzene rings is 2. The maximum atomic E-state index is 11.9. The third kappa shape index (κ3) is 5.88. The van der Waals surface area contributed by atoms with Crippen LogP contribution in [0.15, 0.2) is 54.6 Å². The molecule has 0 bridgehead atoms. The maximum absolute atomic E-state index is 11.9. The minimum absolute atomic E-state index is 0. The van der Waals surface area contributed by atoms with E-state index in [4.69, 9.17) is 4.74 Å². The highest BCUT2D eigenvalue weighted by atomic mass is 35.5. The van der Waals surface area contributed by atoms with Crippen molar-refractivity contribution in [3.8, 4) is 5.75 Å². The first kappa shape index (κ1) is 18.2. The van der Waals surface area contributed by atoms with Gasteiger partial charge in [0.1, 0.15) is 5.75 Å². The van der Waals surface area contributed by atoms with Crippen LogP contribution in [0.25, 0.3) is 0 Å². The van der Waals surface area contributed by atoms with Crippen LogP contribution < -0.4 is 4.74 Å². The van der Waals surface area contributed by atoms with Crippen molar-refractivity contribution in [2.75, 3.05) is 14.1 Å². The van der Waals surface area contributed by atoms with Crippen molar-refractivity contribution >= 4 is 18.4 Å². The van der Waals surface area contributed by atoms with E-state index in [1.165, 1.54) is 11.1 Å². The van der Waals surface area contributed by atoms with E-state index in [9.17, 15) is 4.79 Å². The summed E-state index contributed by atoms with van der Waals surface area (Å²) in [5.41, 5.74) is 2.46. The second-order valence-electron chi connectivity index (χ2n) is 5.29. The van der Waals surface area contributed by atoms with Crippen LogP contribution in [0.1, 0.15) is 17.5 Å². The van der Waals surface area contributed by atoms with Crippen LogP contribution in [0.3, 0.4) is 0 Å². The molecule has 0 spiro atoms. The quantitative estimate of drug-likeness (QED) is 0.600. The Hall–Kier alpha value is -1.84. The molecule has 0 atom stereocenters. The van der Waals surface area contributed by atoms with Gasteiger partial charge in [-0.2, -0.15) is 0 Å². The van der Waals surface area contributed by atoms with Crippen LogP contribution in [-0.2, 0) is 17.8 Å². The van der Waals surface area contributed by atoms with Crippen molar-refractivity contribution in [2.45, 2.75) is 19.4 Å². The molecule has 2 aromatic carbocycles. The topological polar surface area (TPSA) is 29.5 Å². The summed E-state index contributed by atoms with van der Waals surface area (Å²) in [4.78, 5) is 14.0. The van der Waals surface area contributed by atoms with Gasteiger partial charge in [0.25, 0.3) is 0 Å². The molecule has 0 aromatic heterocycles. The summed E-state index contributed by atoms with van der Waals surface area (Å²) < 4.78 is 5.31. The highest BCUT2D eigenvalue weighted by molar-refractivity contribution is 5.85. The standard InChI is InChI=1S/C18H21NO2.ClH/c1-19(2)14-16-9-7-6-8-15(16)12-13-18(20)21-17-10-4-3-5-11-17;/h3-11H,12-14H2,1-2H3;1H. The lowest BCUT2D eigenvalue weighted by molar-refractivity contribution is -0.134. The van der Waals surface area contributed by atoms with Crippen LogP contribution >= 0.6 is 12.4 Å². The number of nitrogens with zero attached hydrogens (tertiary/aromatic N) is 1. The third-order valence-corrected chi connectivity index (χ3v) is 3.18. The number of para-hydroxylation sites is 1. The van der Waals surface area contributed by atoms with Gasteiger partial charge in [-0.3, -0.25) is 4.79 Å². The molecule has 0 amide bonds. The zero-order chi connectivity index (χ0) is 15.1. The average molecular weight is 320 g/mol. The number of aryl methyl sites for hydroxylation is 1. The molecule has 0 heterocycles. The van der Waals surface area contributed by atoms with Gasteiger partial charge >= 0.3 is 5.97 Å². The Labute approximate surface area is 138 Å². The molecule has 2 aromatic rings. The predicted octanol–water partition coefficient (Wildman–Crippen LogP) is 3.71. The van der Waals surface area contributed by atoms with Crippen molar-refractivity contribution in [3.63, 3.8) is 0 Å². The lowest BCUT2D eigenvalue weighted by atomic mass is 10.0. The Bertz CT molecular complexity index is 585. The second kappa shape index (κ2) is 9.23. The lowest BCUT2D eigenvalue weighted by Gasteiger charge is -2.14. The van der Waals surface area contributed by atoms with Crippen molar-refractivity contribution in [1.82, 2.24) is 4.90 Å². The molecular formula is C18H22ClNO2. The number of rotatable bonds is 6. The Kier molecular flexibility index (Phi) is 7.64. The molecule has 0 fully saturated rings. The molecule has 2 rings (SSSR count). The first-order valence-corrected chi connectivity index (χ1v) is 7.12. The van der Waals surface area contributed by atoms with Gasteiger partial charge in [0.05, 0.1) is 0 Å². The molecule has 22 heavy (non-hydrogen) atoms. The predicted molar refractivity (Wildman–Crippen MR) is 91.5 cm³/mol. The number of hydrogen-bond donors (Lipinski definition) is 0. The largest absolute Gasteiger partial charge is 0.427 e. The van der Waals surface area contributed by atoms with E-state index in [2.05, 4.69) is 17.0 Å². The van der Waals surface area contributed by atoms with Crippen LogP contribution in [0.2, 0.25) is 0 Å². The number of ether oxygens (including phenoxy) is 1. The highest BCUT2D eigenvalue weighted by Gasteiger charge is 2.08. The molecule has 3 nitrogen and oxygen atoms in total. The minimum atomic E-state index is -0.194. The summed E-state index contributed by atoms with van der Waals surface area (Å²) in [5, 5.41) is 0. The normalized spacial score (nSPS) is 10.1. The van der Waals surface area contributed by atoms with Gasteiger partial charge in [0, 0.05) is 13.0 Å². The Morgan fingerprint density at radius 1 is 0.955 bits per heavy atom. The van der Waals surface area contributed by atoms with Crippen molar-refractivity contribution in [2.24, 2.45) is 0 Å². The van der Waals surface area contributed by atoms with Gasteiger partial charge < -0.3 is 9.64 Å². The van der Waals surface area contributed by atoms with Gasteiger partial charge in [-0.25, -0.2) is 0 Å². The van der Waals surface area contributed by atoms with Gasteiger partial charge in [-0.05, 0) is 43.8 Å². The number of hydrogen-bond acceptors (Lipinski definition) is 3. The zero-order valence-electron chi connectivity index (χ0n) is 13.0. The highest BCUT2D eigenvalue weighted by Crippen LogP contribution is 2.14. The van der Waals surface area contributed by atoms with Crippen LogP contribution in [0, 0.1) is 0 Å². The summed E-state index contributed by atoms with van der Waals surface area (Å²) in [6, 6.07) is 17.4.